The molecule has 9 heteroatoms. The summed E-state index contributed by atoms with van der Waals surface area (Å²) in [7, 11) is 1.31. The highest BCUT2D eigenvalue weighted by Crippen LogP contribution is 2.37. The van der Waals surface area contributed by atoms with E-state index in [9.17, 15) is 27.5 Å². The number of β-amino-alcohol motifs (C(OH)–C–C–N with tert-alkyl or cyclic N) is 1. The number of aliphatic hydroxyl groups is 1. The Labute approximate surface area is 129 Å². The molecular weight excluding hydrogens is 320 g/mol. The molecule has 0 bridgehead atoms. The van der Waals surface area contributed by atoms with E-state index in [1.54, 1.807) is 0 Å². The van der Waals surface area contributed by atoms with E-state index in [-0.39, 0.29) is 18.8 Å². The highest BCUT2D eigenvalue weighted by molar-refractivity contribution is 5.74. The number of rotatable bonds is 3. The first-order chi connectivity index (χ1) is 10.7. The predicted molar refractivity (Wildman–Crippen MR) is 72.4 cm³/mol. The van der Waals surface area contributed by atoms with Gasteiger partial charge < -0.3 is 20.1 Å². The third-order valence-corrected chi connectivity index (χ3v) is 3.72. The number of nitrogens with one attached hydrogen (secondary N) is 1. The summed E-state index contributed by atoms with van der Waals surface area (Å²) in [6.07, 6.45) is -5.36. The average molecular weight is 336 g/mol. The van der Waals surface area contributed by atoms with Gasteiger partial charge in [0.05, 0.1) is 13.7 Å². The number of hydrogen-bond acceptors (Lipinski definition) is 3. The predicted octanol–water partition coefficient (Wildman–Crippen LogP) is 2.04. The second kappa shape index (κ2) is 6.23. The lowest BCUT2D eigenvalue weighted by Gasteiger charge is -2.26. The van der Waals surface area contributed by atoms with Gasteiger partial charge in [0, 0.05) is 19.5 Å². The summed E-state index contributed by atoms with van der Waals surface area (Å²) in [5.74, 6) is -0.554. The lowest BCUT2D eigenvalue weighted by Crippen LogP contribution is -2.49. The van der Waals surface area contributed by atoms with Crippen LogP contribution in [0.2, 0.25) is 0 Å². The van der Waals surface area contributed by atoms with E-state index in [0.717, 1.165) is 11.0 Å². The first-order valence-corrected chi connectivity index (χ1v) is 6.80. The molecule has 1 aromatic rings. The fourth-order valence-electron chi connectivity index (χ4n) is 2.31. The lowest BCUT2D eigenvalue weighted by atomic mass is 10.0. The molecule has 2 N–H and O–H groups in total. The minimum Gasteiger partial charge on any atom is -0.494 e. The molecule has 1 aromatic carbocycles. The normalized spacial score (nSPS) is 21.4. The van der Waals surface area contributed by atoms with Crippen LogP contribution in [-0.2, 0) is 6.54 Å². The zero-order chi connectivity index (χ0) is 17.3. The standard InChI is InChI=1S/C14H16F4N2O3/c1-23-11-3-2-9(6-10(11)15)7-19-12(21)20-5-4-13(22,8-20)14(16,17)18/h2-3,6,22H,4-5,7-8H2,1H3,(H,19,21). The van der Waals surface area contributed by atoms with Crippen molar-refractivity contribution in [3.8, 4) is 5.75 Å². The summed E-state index contributed by atoms with van der Waals surface area (Å²) in [5, 5.41) is 11.9. The molecule has 1 aliphatic rings. The van der Waals surface area contributed by atoms with Gasteiger partial charge in [-0.15, -0.1) is 0 Å². The third kappa shape index (κ3) is 3.66. The van der Waals surface area contributed by atoms with E-state index in [0.29, 0.717) is 5.56 Å². The van der Waals surface area contributed by atoms with Crippen molar-refractivity contribution in [2.45, 2.75) is 24.7 Å². The van der Waals surface area contributed by atoms with E-state index in [2.05, 4.69) is 5.32 Å². The Kier molecular flexibility index (Phi) is 4.69. The topological polar surface area (TPSA) is 61.8 Å². The number of hydrogen-bond donors (Lipinski definition) is 2. The van der Waals surface area contributed by atoms with Crippen LogP contribution in [0.1, 0.15) is 12.0 Å². The van der Waals surface area contributed by atoms with E-state index in [1.807, 2.05) is 0 Å². The average Bonchev–Trinajstić information content (AvgIpc) is 2.88. The molecule has 128 valence electrons. The zero-order valence-electron chi connectivity index (χ0n) is 12.3. The maximum atomic E-state index is 13.5. The summed E-state index contributed by atoms with van der Waals surface area (Å²) in [6.45, 7) is -1.08. The van der Waals surface area contributed by atoms with Crippen molar-refractivity contribution in [3.05, 3.63) is 29.6 Å². The second-order valence-electron chi connectivity index (χ2n) is 5.33. The molecule has 0 aromatic heterocycles. The van der Waals surface area contributed by atoms with E-state index < -0.39 is 36.6 Å². The highest BCUT2D eigenvalue weighted by atomic mass is 19.4. The van der Waals surface area contributed by atoms with Crippen molar-refractivity contribution in [1.82, 2.24) is 10.2 Å². The Morgan fingerprint density at radius 3 is 2.70 bits per heavy atom. The molecule has 2 rings (SSSR count). The zero-order valence-corrected chi connectivity index (χ0v) is 12.3. The molecule has 1 unspecified atom stereocenters. The van der Waals surface area contributed by atoms with Gasteiger partial charge in [-0.1, -0.05) is 6.07 Å². The van der Waals surface area contributed by atoms with E-state index in [1.165, 1.54) is 19.2 Å². The molecule has 5 nitrogen and oxygen atoms in total. The maximum Gasteiger partial charge on any atom is 0.419 e. The smallest absolute Gasteiger partial charge is 0.419 e. The van der Waals surface area contributed by atoms with Gasteiger partial charge in [-0.2, -0.15) is 13.2 Å². The number of likely N-dealkylation sites (tertiary alicyclic amines) is 1. The quantitative estimate of drug-likeness (QED) is 0.831. The number of alkyl halides is 3. The molecule has 1 saturated heterocycles. The Bertz CT molecular complexity index is 594. The van der Waals surface area contributed by atoms with Crippen molar-refractivity contribution in [3.63, 3.8) is 0 Å². The van der Waals surface area contributed by atoms with E-state index >= 15 is 0 Å². The number of methoxy groups -OCH3 is 1. The van der Waals surface area contributed by atoms with Crippen molar-refractivity contribution < 1.29 is 32.2 Å². The molecule has 0 spiro atoms. The molecule has 0 saturated carbocycles. The summed E-state index contributed by atoms with van der Waals surface area (Å²) in [4.78, 5) is 12.7. The van der Waals surface area contributed by atoms with Crippen LogP contribution in [0.15, 0.2) is 18.2 Å². The maximum absolute atomic E-state index is 13.5. The Morgan fingerprint density at radius 2 is 2.17 bits per heavy atom. The summed E-state index contributed by atoms with van der Waals surface area (Å²) in [6, 6.07) is 3.32. The van der Waals surface area contributed by atoms with Crippen LogP contribution in [0.3, 0.4) is 0 Å². The molecule has 1 atom stereocenters. The van der Waals surface area contributed by atoms with Crippen LogP contribution in [0.4, 0.5) is 22.4 Å². The van der Waals surface area contributed by atoms with Gasteiger partial charge in [0.1, 0.15) is 0 Å². The van der Waals surface area contributed by atoms with E-state index in [4.69, 9.17) is 4.74 Å². The fraction of sp³-hybridized carbons (Fsp3) is 0.500. The number of amides is 2. The van der Waals surface area contributed by atoms with Crippen molar-refractivity contribution in [2.75, 3.05) is 20.2 Å². The minimum atomic E-state index is -4.79. The van der Waals surface area contributed by atoms with Crippen LogP contribution in [-0.4, -0.2) is 48.0 Å². The minimum absolute atomic E-state index is 0.0508. The number of urea groups is 1. The molecular formula is C14H16F4N2O3. The largest absolute Gasteiger partial charge is 0.494 e. The fourth-order valence-corrected chi connectivity index (χ4v) is 2.31. The number of carbonyl (C=O) groups excluding carboxylic acids is 1. The van der Waals surface area contributed by atoms with Gasteiger partial charge in [0.15, 0.2) is 17.2 Å². The Morgan fingerprint density at radius 1 is 1.48 bits per heavy atom. The van der Waals surface area contributed by atoms with Crippen LogP contribution in [0.5, 0.6) is 5.75 Å². The highest BCUT2D eigenvalue weighted by Gasteiger charge is 2.57. The SMILES string of the molecule is COc1ccc(CNC(=O)N2CCC(O)(C(F)(F)F)C2)cc1F. The first kappa shape index (κ1) is 17.3. The molecule has 1 aliphatic heterocycles. The number of ether oxygens (including phenoxy) is 1. The molecule has 0 radical (unpaired) electrons. The molecule has 0 aliphatic carbocycles. The van der Waals surface area contributed by atoms with Crippen LogP contribution < -0.4 is 10.1 Å². The van der Waals surface area contributed by atoms with Crippen molar-refractivity contribution in [2.24, 2.45) is 0 Å². The van der Waals surface area contributed by atoms with Gasteiger partial charge in [-0.25, -0.2) is 9.18 Å². The number of halogens is 4. The first-order valence-electron chi connectivity index (χ1n) is 6.80. The molecule has 23 heavy (non-hydrogen) atoms. The Hall–Kier alpha value is -2.03. The molecule has 1 fully saturated rings. The summed E-state index contributed by atoms with van der Waals surface area (Å²) < 4.78 is 56.3. The second-order valence-corrected chi connectivity index (χ2v) is 5.33. The van der Waals surface area contributed by atoms with Crippen LogP contribution in [0.25, 0.3) is 0 Å². The monoisotopic (exact) mass is 336 g/mol. The van der Waals surface area contributed by atoms with Gasteiger partial charge in [0.2, 0.25) is 0 Å². The van der Waals surface area contributed by atoms with Crippen LogP contribution in [0, 0.1) is 5.82 Å². The Balaban J connectivity index is 1.92. The van der Waals surface area contributed by atoms with Crippen LogP contribution >= 0.6 is 0 Å². The molecule has 1 heterocycles. The number of nitrogens with zero attached hydrogens (tertiary/aromatic N) is 1. The third-order valence-electron chi connectivity index (χ3n) is 3.72. The summed E-state index contributed by atoms with van der Waals surface area (Å²) in [5.41, 5.74) is -2.45. The van der Waals surface area contributed by atoms with Gasteiger partial charge >= 0.3 is 12.2 Å². The van der Waals surface area contributed by atoms with Gasteiger partial charge in [0.25, 0.3) is 0 Å². The lowest BCUT2D eigenvalue weighted by molar-refractivity contribution is -0.253. The van der Waals surface area contributed by atoms with Gasteiger partial charge in [-0.3, -0.25) is 0 Å². The van der Waals surface area contributed by atoms with Crippen molar-refractivity contribution in [1.29, 1.82) is 0 Å². The van der Waals surface area contributed by atoms with Crippen molar-refractivity contribution >= 4 is 6.03 Å². The summed E-state index contributed by atoms with van der Waals surface area (Å²) >= 11 is 0. The molecule has 2 amide bonds. The van der Waals surface area contributed by atoms with Gasteiger partial charge in [-0.05, 0) is 17.7 Å². The number of benzene rings is 1. The number of carbonyl (C=O) groups is 1.